The standard InChI is InChI=1S/C19H27N5.HI/c1-3-20-19(21-11-6-7-16-13-22-23(2)14-16)24-12-10-17-8-4-5-9-18(17)15-24;/h4-5,8-9,13-14H,3,6-7,10-12,15H2,1-2H3,(H,20,21);1H. The molecule has 0 amide bonds. The molecule has 3 rings (SSSR count). The van der Waals surface area contributed by atoms with Crippen molar-refractivity contribution in [1.29, 1.82) is 0 Å². The minimum atomic E-state index is 0. The zero-order valence-corrected chi connectivity index (χ0v) is 17.4. The lowest BCUT2D eigenvalue weighted by Crippen LogP contribution is -2.44. The number of halogens is 1. The van der Waals surface area contributed by atoms with Crippen LogP contribution in [0.2, 0.25) is 0 Å². The van der Waals surface area contributed by atoms with Gasteiger partial charge in [0.15, 0.2) is 5.96 Å². The van der Waals surface area contributed by atoms with E-state index in [2.05, 4.69) is 52.7 Å². The summed E-state index contributed by atoms with van der Waals surface area (Å²) in [6.45, 7) is 5.86. The maximum Gasteiger partial charge on any atom is 0.194 e. The molecule has 2 heterocycles. The second-order valence-corrected chi connectivity index (χ2v) is 6.30. The predicted molar refractivity (Wildman–Crippen MR) is 113 cm³/mol. The summed E-state index contributed by atoms with van der Waals surface area (Å²) in [4.78, 5) is 7.21. The van der Waals surface area contributed by atoms with E-state index < -0.39 is 0 Å². The van der Waals surface area contributed by atoms with Crippen molar-refractivity contribution < 1.29 is 0 Å². The minimum absolute atomic E-state index is 0. The summed E-state index contributed by atoms with van der Waals surface area (Å²) >= 11 is 0. The predicted octanol–water partition coefficient (Wildman–Crippen LogP) is 2.99. The van der Waals surface area contributed by atoms with Crippen molar-refractivity contribution in [3.63, 3.8) is 0 Å². The molecule has 1 N–H and O–H groups in total. The van der Waals surface area contributed by atoms with Gasteiger partial charge in [-0.05, 0) is 42.9 Å². The van der Waals surface area contributed by atoms with Crippen molar-refractivity contribution in [1.82, 2.24) is 20.0 Å². The van der Waals surface area contributed by atoms with Gasteiger partial charge in [0.2, 0.25) is 0 Å². The Kier molecular flexibility index (Phi) is 7.74. The molecular formula is C19H28IN5. The van der Waals surface area contributed by atoms with Gasteiger partial charge < -0.3 is 10.2 Å². The van der Waals surface area contributed by atoms with Crippen LogP contribution in [-0.2, 0) is 26.4 Å². The molecule has 0 radical (unpaired) electrons. The maximum atomic E-state index is 4.84. The molecule has 1 aromatic heterocycles. The Morgan fingerprint density at radius 1 is 1.28 bits per heavy atom. The highest BCUT2D eigenvalue weighted by Crippen LogP contribution is 2.18. The van der Waals surface area contributed by atoms with E-state index in [0.29, 0.717) is 0 Å². The van der Waals surface area contributed by atoms with Gasteiger partial charge in [-0.1, -0.05) is 24.3 Å². The van der Waals surface area contributed by atoms with Gasteiger partial charge in [0.05, 0.1) is 6.20 Å². The van der Waals surface area contributed by atoms with Crippen LogP contribution in [0.3, 0.4) is 0 Å². The summed E-state index contributed by atoms with van der Waals surface area (Å²) in [7, 11) is 1.96. The van der Waals surface area contributed by atoms with E-state index in [1.54, 1.807) is 0 Å². The van der Waals surface area contributed by atoms with Crippen LogP contribution in [0.1, 0.15) is 30.0 Å². The first-order chi connectivity index (χ1) is 11.8. The first-order valence-corrected chi connectivity index (χ1v) is 8.84. The molecule has 0 unspecified atom stereocenters. The van der Waals surface area contributed by atoms with E-state index in [9.17, 15) is 0 Å². The molecular weight excluding hydrogens is 425 g/mol. The summed E-state index contributed by atoms with van der Waals surface area (Å²) in [5.74, 6) is 1.04. The van der Waals surface area contributed by atoms with Gasteiger partial charge in [-0.3, -0.25) is 9.67 Å². The van der Waals surface area contributed by atoms with E-state index >= 15 is 0 Å². The summed E-state index contributed by atoms with van der Waals surface area (Å²) in [5, 5.41) is 7.66. The van der Waals surface area contributed by atoms with Gasteiger partial charge in [-0.25, -0.2) is 0 Å². The second-order valence-electron chi connectivity index (χ2n) is 6.30. The van der Waals surface area contributed by atoms with Gasteiger partial charge in [0.1, 0.15) is 0 Å². The van der Waals surface area contributed by atoms with E-state index in [0.717, 1.165) is 51.4 Å². The first-order valence-electron chi connectivity index (χ1n) is 8.84. The van der Waals surface area contributed by atoms with Crippen molar-refractivity contribution in [3.05, 3.63) is 53.3 Å². The summed E-state index contributed by atoms with van der Waals surface area (Å²) in [6.07, 6.45) is 7.19. The third kappa shape index (κ3) is 5.45. The molecule has 0 atom stereocenters. The first kappa shape index (κ1) is 19.8. The van der Waals surface area contributed by atoms with Crippen molar-refractivity contribution in [3.8, 4) is 0 Å². The Labute approximate surface area is 167 Å². The Hall–Kier alpha value is -1.57. The van der Waals surface area contributed by atoms with Crippen LogP contribution < -0.4 is 5.32 Å². The molecule has 0 saturated heterocycles. The number of guanidine groups is 1. The Bertz CT molecular complexity index is 695. The van der Waals surface area contributed by atoms with Crippen LogP contribution in [-0.4, -0.2) is 40.3 Å². The SMILES string of the molecule is CCNC(=NCCCc1cnn(C)c1)N1CCc2ccccc2C1.I. The van der Waals surface area contributed by atoms with Crippen LogP contribution in [0.15, 0.2) is 41.7 Å². The lowest BCUT2D eigenvalue weighted by Gasteiger charge is -2.31. The molecule has 6 heteroatoms. The van der Waals surface area contributed by atoms with Gasteiger partial charge in [-0.2, -0.15) is 5.10 Å². The summed E-state index contributed by atoms with van der Waals surface area (Å²) < 4.78 is 1.86. The van der Waals surface area contributed by atoms with Crippen molar-refractivity contribution >= 4 is 29.9 Å². The molecule has 1 aliphatic rings. The molecule has 136 valence electrons. The number of hydrogen-bond acceptors (Lipinski definition) is 2. The monoisotopic (exact) mass is 453 g/mol. The molecule has 25 heavy (non-hydrogen) atoms. The van der Waals surface area contributed by atoms with Crippen LogP contribution in [0.5, 0.6) is 0 Å². The zero-order valence-electron chi connectivity index (χ0n) is 15.1. The number of benzene rings is 1. The van der Waals surface area contributed by atoms with Gasteiger partial charge in [0.25, 0.3) is 0 Å². The molecule has 5 nitrogen and oxygen atoms in total. The molecule has 1 aromatic carbocycles. The average Bonchev–Trinajstić information content (AvgIpc) is 3.02. The van der Waals surface area contributed by atoms with E-state index in [4.69, 9.17) is 4.99 Å². The Morgan fingerprint density at radius 3 is 2.80 bits per heavy atom. The number of fused-ring (bicyclic) bond motifs is 1. The highest BCUT2D eigenvalue weighted by atomic mass is 127. The van der Waals surface area contributed by atoms with Gasteiger partial charge in [-0.15, -0.1) is 24.0 Å². The molecule has 0 fully saturated rings. The lowest BCUT2D eigenvalue weighted by atomic mass is 10.0. The fraction of sp³-hybridized carbons (Fsp3) is 0.474. The van der Waals surface area contributed by atoms with E-state index in [-0.39, 0.29) is 24.0 Å². The van der Waals surface area contributed by atoms with Crippen molar-refractivity contribution in [2.75, 3.05) is 19.6 Å². The van der Waals surface area contributed by atoms with Gasteiger partial charge in [0, 0.05) is 39.4 Å². The van der Waals surface area contributed by atoms with Gasteiger partial charge >= 0.3 is 0 Å². The molecule has 0 saturated carbocycles. The number of aliphatic imine (C=N–C) groups is 1. The average molecular weight is 453 g/mol. The zero-order chi connectivity index (χ0) is 16.8. The molecule has 0 bridgehead atoms. The molecule has 1 aliphatic heterocycles. The van der Waals surface area contributed by atoms with Crippen molar-refractivity contribution in [2.45, 2.75) is 32.7 Å². The van der Waals surface area contributed by atoms with Crippen LogP contribution in [0.4, 0.5) is 0 Å². The number of rotatable bonds is 5. The maximum absolute atomic E-state index is 4.84. The number of nitrogens with one attached hydrogen (secondary N) is 1. The number of aromatic nitrogens is 2. The number of nitrogens with zero attached hydrogens (tertiary/aromatic N) is 4. The van der Waals surface area contributed by atoms with E-state index in [1.807, 2.05) is 17.9 Å². The number of aryl methyl sites for hydroxylation is 2. The summed E-state index contributed by atoms with van der Waals surface area (Å²) in [5.41, 5.74) is 4.18. The quantitative estimate of drug-likeness (QED) is 0.328. The van der Waals surface area contributed by atoms with Crippen molar-refractivity contribution in [2.24, 2.45) is 12.0 Å². The number of hydrogen-bond donors (Lipinski definition) is 1. The third-order valence-electron chi connectivity index (χ3n) is 4.41. The van der Waals surface area contributed by atoms with Crippen LogP contribution >= 0.6 is 24.0 Å². The lowest BCUT2D eigenvalue weighted by molar-refractivity contribution is 0.378. The van der Waals surface area contributed by atoms with Crippen LogP contribution in [0, 0.1) is 0 Å². The largest absolute Gasteiger partial charge is 0.357 e. The molecule has 2 aromatic rings. The highest BCUT2D eigenvalue weighted by Gasteiger charge is 2.18. The highest BCUT2D eigenvalue weighted by molar-refractivity contribution is 14.0. The third-order valence-corrected chi connectivity index (χ3v) is 4.41. The Morgan fingerprint density at radius 2 is 2.08 bits per heavy atom. The van der Waals surface area contributed by atoms with Crippen LogP contribution in [0.25, 0.3) is 0 Å². The molecule has 0 spiro atoms. The van der Waals surface area contributed by atoms with E-state index in [1.165, 1.54) is 16.7 Å². The fourth-order valence-corrected chi connectivity index (χ4v) is 3.17. The minimum Gasteiger partial charge on any atom is -0.357 e. The summed E-state index contributed by atoms with van der Waals surface area (Å²) in [6, 6.07) is 8.73. The smallest absolute Gasteiger partial charge is 0.194 e. The second kappa shape index (κ2) is 9.79. The normalized spacial score (nSPS) is 14.0. The molecule has 0 aliphatic carbocycles. The topological polar surface area (TPSA) is 45.5 Å². The fourth-order valence-electron chi connectivity index (χ4n) is 3.17. The Balaban J connectivity index is 0.00000225.